The first-order valence-corrected chi connectivity index (χ1v) is 4.77. The topological polar surface area (TPSA) is 17.1 Å². The minimum absolute atomic E-state index is 0.0312. The number of hydrogen-bond donors (Lipinski definition) is 0. The summed E-state index contributed by atoms with van der Waals surface area (Å²) < 4.78 is 13.2. The van der Waals surface area contributed by atoms with E-state index in [2.05, 4.69) is 12.3 Å². The molecule has 0 heterocycles. The molecule has 1 aromatic carbocycles. The van der Waals surface area contributed by atoms with Crippen LogP contribution < -0.4 is 0 Å². The van der Waals surface area contributed by atoms with Crippen molar-refractivity contribution in [3.63, 3.8) is 0 Å². The van der Waals surface area contributed by atoms with Gasteiger partial charge in [0.05, 0.1) is 0 Å². The number of hydrogen-bond acceptors (Lipinski definition) is 1. The number of allylic oxidation sites excluding steroid dienone is 1. The van der Waals surface area contributed by atoms with Crippen LogP contribution in [0.3, 0.4) is 0 Å². The van der Waals surface area contributed by atoms with Crippen molar-refractivity contribution < 1.29 is 9.18 Å². The van der Waals surface area contributed by atoms with Gasteiger partial charge < -0.3 is 0 Å². The zero-order valence-electron chi connectivity index (χ0n) is 8.66. The number of carbonyl (C=O) groups is 1. The van der Waals surface area contributed by atoms with Gasteiger partial charge in [0.2, 0.25) is 0 Å². The van der Waals surface area contributed by atoms with Crippen LogP contribution in [0.15, 0.2) is 42.7 Å². The second-order valence-electron chi connectivity index (χ2n) is 3.39. The fourth-order valence-electron chi connectivity index (χ4n) is 1.26. The maximum Gasteiger partial charge on any atom is 0.144 e. The molecular weight excluding hydrogens is 191 g/mol. The van der Waals surface area contributed by atoms with E-state index in [0.717, 1.165) is 0 Å². The number of rotatable bonds is 4. The number of Topliss-reactive ketones (excluding diaryl/α,β-unsaturated/α-hetero) is 1. The summed E-state index contributed by atoms with van der Waals surface area (Å²) in [5, 5.41) is 0. The summed E-state index contributed by atoms with van der Waals surface area (Å²) in [6.07, 6.45) is 1.70. The van der Waals surface area contributed by atoms with Gasteiger partial charge in [0.25, 0.3) is 0 Å². The van der Waals surface area contributed by atoms with Crippen molar-refractivity contribution in [2.75, 3.05) is 0 Å². The molecule has 0 saturated carbocycles. The molecule has 1 rings (SSSR count). The predicted octanol–water partition coefficient (Wildman–Crippen LogP) is 2.91. The van der Waals surface area contributed by atoms with E-state index in [-0.39, 0.29) is 23.9 Å². The smallest absolute Gasteiger partial charge is 0.144 e. The molecule has 78 valence electrons. The Bertz CT molecular complexity index is 403. The lowest BCUT2D eigenvalue weighted by atomic mass is 9.99. The van der Waals surface area contributed by atoms with Crippen LogP contribution in [-0.4, -0.2) is 5.78 Å². The van der Waals surface area contributed by atoms with Crippen LogP contribution in [0.1, 0.15) is 12.5 Å². The summed E-state index contributed by atoms with van der Waals surface area (Å²) in [6, 6.07) is 6.31. The van der Waals surface area contributed by atoms with Crippen molar-refractivity contribution in [1.82, 2.24) is 0 Å². The van der Waals surface area contributed by atoms with Crippen molar-refractivity contribution in [3.8, 4) is 0 Å². The summed E-state index contributed by atoms with van der Waals surface area (Å²) in [4.78, 5) is 11.6. The fourth-order valence-corrected chi connectivity index (χ4v) is 1.26. The van der Waals surface area contributed by atoms with E-state index in [0.29, 0.717) is 5.56 Å². The van der Waals surface area contributed by atoms with Crippen LogP contribution in [0, 0.1) is 11.7 Å². The number of ketones is 1. The highest BCUT2D eigenvalue weighted by Gasteiger charge is 2.12. The Kier molecular flexibility index (Phi) is 4.02. The lowest BCUT2D eigenvalue weighted by Crippen LogP contribution is -2.12. The summed E-state index contributed by atoms with van der Waals surface area (Å²) >= 11 is 0. The van der Waals surface area contributed by atoms with Gasteiger partial charge >= 0.3 is 0 Å². The van der Waals surface area contributed by atoms with Gasteiger partial charge in [-0.05, 0) is 17.7 Å². The molecule has 0 saturated heterocycles. The molecule has 1 nitrogen and oxygen atoms in total. The Balaban J connectivity index is 2.75. The van der Waals surface area contributed by atoms with E-state index < -0.39 is 0 Å². The van der Waals surface area contributed by atoms with E-state index in [1.165, 1.54) is 6.07 Å². The quantitative estimate of drug-likeness (QED) is 0.689. The third-order valence-electron chi connectivity index (χ3n) is 2.20. The van der Waals surface area contributed by atoms with Gasteiger partial charge in [-0.3, -0.25) is 4.79 Å². The Hall–Kier alpha value is -1.66. The van der Waals surface area contributed by atoms with Crippen LogP contribution in [0.4, 0.5) is 4.39 Å². The third-order valence-corrected chi connectivity index (χ3v) is 2.20. The fraction of sp³-hybridized carbons (Fsp3) is 0.231. The lowest BCUT2D eigenvalue weighted by Gasteiger charge is -2.05. The van der Waals surface area contributed by atoms with Crippen molar-refractivity contribution >= 4 is 5.78 Å². The first kappa shape index (κ1) is 11.4. The Morgan fingerprint density at radius 1 is 1.60 bits per heavy atom. The highest BCUT2D eigenvalue weighted by Crippen LogP contribution is 2.10. The van der Waals surface area contributed by atoms with Gasteiger partial charge in [0.15, 0.2) is 0 Å². The van der Waals surface area contributed by atoms with E-state index in [4.69, 9.17) is 0 Å². The molecule has 0 aliphatic heterocycles. The van der Waals surface area contributed by atoms with Gasteiger partial charge in [-0.25, -0.2) is 4.39 Å². The van der Waals surface area contributed by atoms with E-state index in [1.807, 2.05) is 0 Å². The Morgan fingerprint density at radius 3 is 2.87 bits per heavy atom. The van der Waals surface area contributed by atoms with Crippen LogP contribution in [0.25, 0.3) is 0 Å². The summed E-state index contributed by atoms with van der Waals surface area (Å²) in [6.45, 7) is 5.15. The molecular formula is C13H13FO. The van der Waals surface area contributed by atoms with Crippen molar-refractivity contribution in [2.24, 2.45) is 5.92 Å². The second kappa shape index (κ2) is 5.28. The van der Waals surface area contributed by atoms with Gasteiger partial charge in [0.1, 0.15) is 11.6 Å². The van der Waals surface area contributed by atoms with Gasteiger partial charge in [-0.15, -0.1) is 5.73 Å². The average molecular weight is 204 g/mol. The third kappa shape index (κ3) is 3.19. The molecule has 0 bridgehead atoms. The molecule has 15 heavy (non-hydrogen) atoms. The van der Waals surface area contributed by atoms with Gasteiger partial charge in [-0.1, -0.05) is 31.7 Å². The van der Waals surface area contributed by atoms with Gasteiger partial charge in [-0.2, -0.15) is 0 Å². The maximum atomic E-state index is 13.2. The number of halogens is 1. The lowest BCUT2D eigenvalue weighted by molar-refractivity contribution is -0.120. The van der Waals surface area contributed by atoms with E-state index in [1.54, 1.807) is 31.2 Å². The van der Waals surface area contributed by atoms with Crippen LogP contribution >= 0.6 is 0 Å². The maximum absolute atomic E-state index is 13.2. The Morgan fingerprint density at radius 2 is 2.27 bits per heavy atom. The molecule has 0 aliphatic rings. The first-order chi connectivity index (χ1) is 7.15. The molecule has 0 aromatic heterocycles. The molecule has 0 N–H and O–H groups in total. The largest absolute Gasteiger partial charge is 0.299 e. The van der Waals surface area contributed by atoms with E-state index >= 15 is 0 Å². The molecule has 1 aromatic rings. The minimum Gasteiger partial charge on any atom is -0.299 e. The number of carbonyl (C=O) groups excluding carboxylic acids is 1. The molecule has 0 amide bonds. The predicted molar refractivity (Wildman–Crippen MR) is 58.0 cm³/mol. The molecule has 0 radical (unpaired) electrons. The zero-order valence-corrected chi connectivity index (χ0v) is 8.66. The van der Waals surface area contributed by atoms with Crippen LogP contribution in [0.5, 0.6) is 0 Å². The summed E-state index contributed by atoms with van der Waals surface area (Å²) in [5.41, 5.74) is 3.00. The normalized spacial score (nSPS) is 11.6. The molecule has 0 spiro atoms. The van der Waals surface area contributed by atoms with E-state index in [9.17, 15) is 9.18 Å². The number of benzene rings is 1. The van der Waals surface area contributed by atoms with Crippen LogP contribution in [0.2, 0.25) is 0 Å². The summed E-state index contributed by atoms with van der Waals surface area (Å²) in [5.74, 6) is -0.626. The molecule has 1 unspecified atom stereocenters. The first-order valence-electron chi connectivity index (χ1n) is 4.77. The van der Waals surface area contributed by atoms with Crippen LogP contribution in [-0.2, 0) is 11.2 Å². The molecule has 1 atom stereocenters. The monoisotopic (exact) mass is 204 g/mol. The molecule has 0 fully saturated rings. The van der Waals surface area contributed by atoms with Crippen molar-refractivity contribution in [1.29, 1.82) is 0 Å². The molecule has 0 aliphatic carbocycles. The second-order valence-corrected chi connectivity index (χ2v) is 3.39. The molecule has 2 heteroatoms. The highest BCUT2D eigenvalue weighted by molar-refractivity contribution is 5.84. The minimum atomic E-state index is -0.333. The Labute approximate surface area is 88.9 Å². The van der Waals surface area contributed by atoms with Crippen molar-refractivity contribution in [2.45, 2.75) is 13.3 Å². The highest BCUT2D eigenvalue weighted by atomic mass is 19.1. The SMILES string of the molecule is C=C=CC(C)C(=O)Cc1ccccc1F. The standard InChI is InChI=1S/C13H13FO/c1-3-6-10(2)13(15)9-11-7-4-5-8-12(11)14/h4-8,10H,1,9H2,2H3. The van der Waals surface area contributed by atoms with Gasteiger partial charge in [0, 0.05) is 12.3 Å². The summed E-state index contributed by atoms with van der Waals surface area (Å²) in [7, 11) is 0. The zero-order chi connectivity index (χ0) is 11.3. The van der Waals surface area contributed by atoms with Crippen molar-refractivity contribution in [3.05, 3.63) is 54.0 Å². The average Bonchev–Trinajstić information content (AvgIpc) is 2.21.